The van der Waals surface area contributed by atoms with Gasteiger partial charge >= 0.3 is 0 Å². The van der Waals surface area contributed by atoms with E-state index in [-0.39, 0.29) is 17.7 Å². The second-order valence-electron chi connectivity index (χ2n) is 5.03. The molecule has 2 aromatic carbocycles. The number of rotatable bonds is 2. The predicted octanol–water partition coefficient (Wildman–Crippen LogP) is 4.51. The fourth-order valence-corrected chi connectivity index (χ4v) is 3.00. The first-order chi connectivity index (χ1) is 10.1. The van der Waals surface area contributed by atoms with Gasteiger partial charge in [0.05, 0.1) is 0 Å². The molecule has 0 spiro atoms. The van der Waals surface area contributed by atoms with Gasteiger partial charge in [-0.05, 0) is 37.4 Å². The Morgan fingerprint density at radius 1 is 1.14 bits per heavy atom. The number of halogens is 3. The third-order valence-electron chi connectivity index (χ3n) is 3.72. The summed E-state index contributed by atoms with van der Waals surface area (Å²) >= 11 is 3.24. The summed E-state index contributed by atoms with van der Waals surface area (Å²) in [6, 6.07) is 9.26. The molecule has 0 amide bonds. The van der Waals surface area contributed by atoms with E-state index in [1.165, 1.54) is 18.2 Å². The van der Waals surface area contributed by atoms with E-state index in [4.69, 9.17) is 4.74 Å². The SMILES string of the molecule is CNC1CC(c2ccc(Br)cc2F)Oc2ccc(F)cc21. The van der Waals surface area contributed by atoms with Crippen LogP contribution in [0.15, 0.2) is 40.9 Å². The van der Waals surface area contributed by atoms with Crippen LogP contribution in [-0.4, -0.2) is 7.05 Å². The first kappa shape index (κ1) is 14.5. The molecule has 0 radical (unpaired) electrons. The minimum atomic E-state index is -0.395. The Hall–Kier alpha value is -1.46. The lowest BCUT2D eigenvalue weighted by molar-refractivity contribution is 0.149. The highest BCUT2D eigenvalue weighted by atomic mass is 79.9. The van der Waals surface area contributed by atoms with Crippen LogP contribution in [0.1, 0.15) is 29.7 Å². The van der Waals surface area contributed by atoms with E-state index < -0.39 is 6.10 Å². The van der Waals surface area contributed by atoms with Crippen molar-refractivity contribution in [3.8, 4) is 5.75 Å². The van der Waals surface area contributed by atoms with E-state index in [1.807, 2.05) is 0 Å². The monoisotopic (exact) mass is 353 g/mol. The summed E-state index contributed by atoms with van der Waals surface area (Å²) in [6.07, 6.45) is 0.152. The van der Waals surface area contributed by atoms with Crippen LogP contribution < -0.4 is 10.1 Å². The van der Waals surface area contributed by atoms with Crippen LogP contribution in [0.25, 0.3) is 0 Å². The molecule has 2 atom stereocenters. The highest BCUT2D eigenvalue weighted by molar-refractivity contribution is 9.10. The van der Waals surface area contributed by atoms with Gasteiger partial charge in [-0.3, -0.25) is 0 Å². The first-order valence-electron chi connectivity index (χ1n) is 6.67. The molecule has 0 saturated carbocycles. The van der Waals surface area contributed by atoms with E-state index in [2.05, 4.69) is 21.2 Å². The molecule has 1 aliphatic rings. The molecule has 2 unspecified atom stereocenters. The standard InChI is InChI=1S/C16H14BrF2NO/c1-20-14-8-16(11-4-2-9(17)6-13(11)19)21-15-5-3-10(18)7-12(14)15/h2-7,14,16,20H,8H2,1H3. The lowest BCUT2D eigenvalue weighted by Crippen LogP contribution is -2.27. The summed E-state index contributed by atoms with van der Waals surface area (Å²) in [5.41, 5.74) is 1.28. The number of nitrogens with one attached hydrogen (secondary N) is 1. The Morgan fingerprint density at radius 3 is 2.67 bits per heavy atom. The molecule has 3 rings (SSSR count). The van der Waals surface area contributed by atoms with E-state index in [1.54, 1.807) is 25.2 Å². The highest BCUT2D eigenvalue weighted by Crippen LogP contribution is 2.41. The Labute approximate surface area is 130 Å². The van der Waals surface area contributed by atoms with Gasteiger partial charge in [0.15, 0.2) is 0 Å². The molecule has 1 N–H and O–H groups in total. The zero-order valence-electron chi connectivity index (χ0n) is 11.4. The molecule has 110 valence electrons. The van der Waals surface area contributed by atoms with Crippen molar-refractivity contribution in [2.45, 2.75) is 18.6 Å². The van der Waals surface area contributed by atoms with Crippen molar-refractivity contribution in [3.63, 3.8) is 0 Å². The average molecular weight is 354 g/mol. The Bertz CT molecular complexity index is 677. The molecule has 2 nitrogen and oxygen atoms in total. The van der Waals surface area contributed by atoms with Gasteiger partial charge in [0, 0.05) is 28.1 Å². The molecule has 2 aromatic rings. The second kappa shape index (κ2) is 5.73. The molecule has 0 aromatic heterocycles. The van der Waals surface area contributed by atoms with Gasteiger partial charge in [0.2, 0.25) is 0 Å². The van der Waals surface area contributed by atoms with Crippen molar-refractivity contribution in [1.82, 2.24) is 5.32 Å². The Morgan fingerprint density at radius 2 is 1.95 bits per heavy atom. The fourth-order valence-electron chi connectivity index (χ4n) is 2.67. The van der Waals surface area contributed by atoms with Crippen LogP contribution in [0.5, 0.6) is 5.75 Å². The van der Waals surface area contributed by atoms with Crippen LogP contribution >= 0.6 is 15.9 Å². The molecule has 0 bridgehead atoms. The highest BCUT2D eigenvalue weighted by Gasteiger charge is 2.30. The first-order valence-corrected chi connectivity index (χ1v) is 7.46. The van der Waals surface area contributed by atoms with Gasteiger partial charge in [-0.1, -0.05) is 22.0 Å². The van der Waals surface area contributed by atoms with Gasteiger partial charge in [-0.25, -0.2) is 8.78 Å². The minimum Gasteiger partial charge on any atom is -0.485 e. The van der Waals surface area contributed by atoms with Gasteiger partial charge < -0.3 is 10.1 Å². The van der Waals surface area contributed by atoms with Crippen LogP contribution in [0.4, 0.5) is 8.78 Å². The fraction of sp³-hybridized carbons (Fsp3) is 0.250. The molecule has 21 heavy (non-hydrogen) atoms. The molecule has 1 heterocycles. The maximum absolute atomic E-state index is 14.1. The number of fused-ring (bicyclic) bond motifs is 1. The van der Waals surface area contributed by atoms with Crippen LogP contribution in [0.3, 0.4) is 0 Å². The van der Waals surface area contributed by atoms with Crippen LogP contribution in [-0.2, 0) is 0 Å². The molecular weight excluding hydrogens is 340 g/mol. The number of benzene rings is 2. The van der Waals surface area contributed by atoms with E-state index in [0.717, 1.165) is 5.56 Å². The topological polar surface area (TPSA) is 21.3 Å². The quantitative estimate of drug-likeness (QED) is 0.857. The largest absolute Gasteiger partial charge is 0.485 e. The minimum absolute atomic E-state index is 0.0718. The van der Waals surface area contributed by atoms with Crippen molar-refractivity contribution in [2.75, 3.05) is 7.05 Å². The molecule has 0 saturated heterocycles. The van der Waals surface area contributed by atoms with Crippen molar-refractivity contribution in [3.05, 3.63) is 63.6 Å². The van der Waals surface area contributed by atoms with E-state index in [0.29, 0.717) is 22.2 Å². The van der Waals surface area contributed by atoms with Gasteiger partial charge in [-0.2, -0.15) is 0 Å². The Balaban J connectivity index is 1.98. The van der Waals surface area contributed by atoms with Crippen molar-refractivity contribution >= 4 is 15.9 Å². The van der Waals surface area contributed by atoms with E-state index in [9.17, 15) is 8.78 Å². The predicted molar refractivity (Wildman–Crippen MR) is 80.3 cm³/mol. The molecule has 5 heteroatoms. The maximum Gasteiger partial charge on any atom is 0.131 e. The third-order valence-corrected chi connectivity index (χ3v) is 4.22. The number of ether oxygens (including phenoxy) is 1. The lowest BCUT2D eigenvalue weighted by Gasteiger charge is -2.32. The summed E-state index contributed by atoms with van der Waals surface area (Å²) in [5, 5.41) is 3.14. The summed E-state index contributed by atoms with van der Waals surface area (Å²) in [6.45, 7) is 0. The smallest absolute Gasteiger partial charge is 0.131 e. The average Bonchev–Trinajstić information content (AvgIpc) is 2.46. The van der Waals surface area contributed by atoms with Crippen molar-refractivity contribution < 1.29 is 13.5 Å². The van der Waals surface area contributed by atoms with Crippen molar-refractivity contribution in [2.24, 2.45) is 0 Å². The normalized spacial score (nSPS) is 20.8. The summed E-state index contributed by atoms with van der Waals surface area (Å²) in [7, 11) is 1.81. The summed E-state index contributed by atoms with van der Waals surface area (Å²) < 4.78 is 34.1. The van der Waals surface area contributed by atoms with Gasteiger partial charge in [0.1, 0.15) is 23.5 Å². The zero-order chi connectivity index (χ0) is 15.0. The van der Waals surface area contributed by atoms with Gasteiger partial charge in [0.25, 0.3) is 0 Å². The third kappa shape index (κ3) is 2.80. The van der Waals surface area contributed by atoms with Crippen molar-refractivity contribution in [1.29, 1.82) is 0 Å². The second-order valence-corrected chi connectivity index (χ2v) is 5.95. The van der Waals surface area contributed by atoms with E-state index >= 15 is 0 Å². The number of hydrogen-bond acceptors (Lipinski definition) is 2. The van der Waals surface area contributed by atoms with Crippen LogP contribution in [0.2, 0.25) is 0 Å². The molecule has 0 aliphatic carbocycles. The van der Waals surface area contributed by atoms with Crippen LogP contribution in [0, 0.1) is 11.6 Å². The molecular formula is C16H14BrF2NO. The molecule has 0 fully saturated rings. The summed E-state index contributed by atoms with van der Waals surface area (Å²) in [5.74, 6) is -0.0185. The zero-order valence-corrected chi connectivity index (χ0v) is 13.0. The number of hydrogen-bond donors (Lipinski definition) is 1. The Kier molecular flexibility index (Phi) is 3.95. The lowest BCUT2D eigenvalue weighted by atomic mass is 9.93. The summed E-state index contributed by atoms with van der Waals surface area (Å²) in [4.78, 5) is 0. The molecule has 1 aliphatic heterocycles. The van der Waals surface area contributed by atoms with Gasteiger partial charge in [-0.15, -0.1) is 0 Å². The maximum atomic E-state index is 14.1.